The number of halogens is 1. The van der Waals surface area contributed by atoms with Gasteiger partial charge in [0.25, 0.3) is 0 Å². The predicted molar refractivity (Wildman–Crippen MR) is 58.0 cm³/mol. The highest BCUT2D eigenvalue weighted by atomic mass is 79.9. The minimum Gasteiger partial charge on any atom is -0.463 e. The summed E-state index contributed by atoms with van der Waals surface area (Å²) in [6, 6.07) is 0. The van der Waals surface area contributed by atoms with Crippen molar-refractivity contribution in [3.05, 3.63) is 11.6 Å². The van der Waals surface area contributed by atoms with E-state index in [-0.39, 0.29) is 5.97 Å². The topological polar surface area (TPSA) is 26.3 Å². The van der Waals surface area contributed by atoms with E-state index < -0.39 is 0 Å². The number of hydrogen-bond donors (Lipinski definition) is 0. The summed E-state index contributed by atoms with van der Waals surface area (Å²) in [5.41, 5.74) is 0.718. The first-order valence-corrected chi connectivity index (χ1v) is 5.66. The van der Waals surface area contributed by atoms with E-state index in [9.17, 15) is 4.79 Å². The lowest BCUT2D eigenvalue weighted by molar-refractivity contribution is -0.138. The maximum Gasteiger partial charge on any atom is 0.334 e. The molecule has 0 amide bonds. The summed E-state index contributed by atoms with van der Waals surface area (Å²) < 4.78 is 4.89. The maximum atomic E-state index is 11.3. The Morgan fingerprint density at radius 1 is 1.54 bits per heavy atom. The molecule has 0 radical (unpaired) electrons. The summed E-state index contributed by atoms with van der Waals surface area (Å²) >= 11 is 3.27. The molecule has 0 spiro atoms. The van der Waals surface area contributed by atoms with Crippen LogP contribution in [0.1, 0.15) is 27.2 Å². The highest BCUT2D eigenvalue weighted by Gasteiger charge is 2.08. The first-order chi connectivity index (χ1) is 6.11. The van der Waals surface area contributed by atoms with E-state index in [0.29, 0.717) is 17.9 Å². The van der Waals surface area contributed by atoms with Crippen LogP contribution in [0.3, 0.4) is 0 Å². The van der Waals surface area contributed by atoms with Gasteiger partial charge < -0.3 is 4.74 Å². The molecule has 0 unspecified atom stereocenters. The predicted octanol–water partition coefficient (Wildman–Crippen LogP) is 2.92. The number of hydrogen-bond acceptors (Lipinski definition) is 2. The van der Waals surface area contributed by atoms with E-state index >= 15 is 0 Å². The molecule has 0 heterocycles. The monoisotopic (exact) mass is 248 g/mol. The summed E-state index contributed by atoms with van der Waals surface area (Å²) in [6.07, 6.45) is 2.86. The standard InChI is InChI=1S/C10H17BrO2/c1-4-13-10(12)9(7-11)6-5-8(2)3/h6,8H,4-5,7H2,1-3H3/b9-6+. The number of alkyl halides is 1. The number of allylic oxidation sites excluding steroid dienone is 1. The van der Waals surface area contributed by atoms with Crippen LogP contribution in [0.2, 0.25) is 0 Å². The van der Waals surface area contributed by atoms with Gasteiger partial charge in [0.2, 0.25) is 0 Å². The van der Waals surface area contributed by atoms with Gasteiger partial charge in [0.15, 0.2) is 0 Å². The summed E-state index contributed by atoms with van der Waals surface area (Å²) in [7, 11) is 0. The summed E-state index contributed by atoms with van der Waals surface area (Å²) in [5.74, 6) is 0.364. The van der Waals surface area contributed by atoms with E-state index in [1.54, 1.807) is 0 Å². The Kier molecular flexibility index (Phi) is 6.96. The van der Waals surface area contributed by atoms with E-state index in [4.69, 9.17) is 4.74 Å². The molecule has 3 heteroatoms. The molecule has 0 aliphatic rings. The van der Waals surface area contributed by atoms with Crippen LogP contribution in [0.5, 0.6) is 0 Å². The molecular weight excluding hydrogens is 232 g/mol. The number of carbonyl (C=O) groups excluding carboxylic acids is 1. The number of ether oxygens (including phenoxy) is 1. The van der Waals surface area contributed by atoms with Crippen molar-refractivity contribution >= 4 is 21.9 Å². The maximum absolute atomic E-state index is 11.3. The lowest BCUT2D eigenvalue weighted by Crippen LogP contribution is -2.08. The van der Waals surface area contributed by atoms with Gasteiger partial charge in [0, 0.05) is 10.9 Å². The smallest absolute Gasteiger partial charge is 0.334 e. The Morgan fingerprint density at radius 3 is 2.54 bits per heavy atom. The van der Waals surface area contributed by atoms with Gasteiger partial charge in [-0.3, -0.25) is 0 Å². The molecule has 0 N–H and O–H groups in total. The summed E-state index contributed by atoms with van der Waals surface area (Å²) in [6.45, 7) is 6.48. The summed E-state index contributed by atoms with van der Waals surface area (Å²) in [5, 5.41) is 0.568. The van der Waals surface area contributed by atoms with Crippen molar-refractivity contribution in [2.24, 2.45) is 5.92 Å². The average molecular weight is 249 g/mol. The third kappa shape index (κ3) is 5.86. The van der Waals surface area contributed by atoms with E-state index in [0.717, 1.165) is 12.0 Å². The van der Waals surface area contributed by atoms with E-state index in [2.05, 4.69) is 29.8 Å². The van der Waals surface area contributed by atoms with Gasteiger partial charge in [0.05, 0.1) is 6.61 Å². The van der Waals surface area contributed by atoms with Crippen molar-refractivity contribution < 1.29 is 9.53 Å². The molecule has 13 heavy (non-hydrogen) atoms. The lowest BCUT2D eigenvalue weighted by atomic mass is 10.1. The van der Waals surface area contributed by atoms with Gasteiger partial charge in [-0.05, 0) is 19.3 Å². The molecule has 2 nitrogen and oxygen atoms in total. The molecule has 0 saturated carbocycles. The van der Waals surface area contributed by atoms with Crippen LogP contribution < -0.4 is 0 Å². The molecule has 0 aromatic rings. The fraction of sp³-hybridized carbons (Fsp3) is 0.700. The van der Waals surface area contributed by atoms with Gasteiger partial charge >= 0.3 is 5.97 Å². The second kappa shape index (κ2) is 7.13. The third-order valence-corrected chi connectivity index (χ3v) is 2.12. The first-order valence-electron chi connectivity index (χ1n) is 4.53. The summed E-state index contributed by atoms with van der Waals surface area (Å²) in [4.78, 5) is 11.3. The minimum atomic E-state index is -0.208. The van der Waals surface area contributed by atoms with Crippen molar-refractivity contribution in [3.8, 4) is 0 Å². The second-order valence-corrected chi connectivity index (χ2v) is 3.77. The molecule has 0 aliphatic heterocycles. The van der Waals surface area contributed by atoms with Gasteiger partial charge in [-0.2, -0.15) is 0 Å². The van der Waals surface area contributed by atoms with Crippen LogP contribution in [0.15, 0.2) is 11.6 Å². The number of rotatable bonds is 5. The molecule has 0 rings (SSSR count). The van der Waals surface area contributed by atoms with Crippen molar-refractivity contribution in [3.63, 3.8) is 0 Å². The fourth-order valence-electron chi connectivity index (χ4n) is 0.794. The van der Waals surface area contributed by atoms with Crippen molar-refractivity contribution in [1.82, 2.24) is 0 Å². The minimum absolute atomic E-state index is 0.208. The van der Waals surface area contributed by atoms with Gasteiger partial charge in [-0.1, -0.05) is 35.9 Å². The van der Waals surface area contributed by atoms with E-state index in [1.165, 1.54) is 0 Å². The SMILES string of the molecule is CCOC(=O)/C(=C/CC(C)C)CBr. The Hall–Kier alpha value is -0.310. The van der Waals surface area contributed by atoms with Gasteiger partial charge in [-0.15, -0.1) is 0 Å². The molecule has 0 atom stereocenters. The van der Waals surface area contributed by atoms with Crippen molar-refractivity contribution in [2.45, 2.75) is 27.2 Å². The quantitative estimate of drug-likeness (QED) is 0.425. The molecular formula is C10H17BrO2. The molecule has 0 fully saturated rings. The molecule has 0 aliphatic carbocycles. The third-order valence-electron chi connectivity index (χ3n) is 1.52. The van der Waals surface area contributed by atoms with Crippen LogP contribution in [-0.2, 0) is 9.53 Å². The zero-order valence-electron chi connectivity index (χ0n) is 8.47. The lowest BCUT2D eigenvalue weighted by Gasteiger charge is -2.04. The highest BCUT2D eigenvalue weighted by Crippen LogP contribution is 2.08. The molecule has 0 aromatic heterocycles. The molecule has 0 saturated heterocycles. The van der Waals surface area contributed by atoms with Crippen LogP contribution in [0.4, 0.5) is 0 Å². The van der Waals surface area contributed by atoms with Crippen LogP contribution in [-0.4, -0.2) is 17.9 Å². The van der Waals surface area contributed by atoms with E-state index in [1.807, 2.05) is 13.0 Å². The average Bonchev–Trinajstić information content (AvgIpc) is 2.05. The Bertz CT molecular complexity index is 185. The Morgan fingerprint density at radius 2 is 2.15 bits per heavy atom. The first kappa shape index (κ1) is 12.7. The molecule has 0 bridgehead atoms. The van der Waals surface area contributed by atoms with Crippen LogP contribution in [0, 0.1) is 5.92 Å². The van der Waals surface area contributed by atoms with Crippen molar-refractivity contribution in [2.75, 3.05) is 11.9 Å². The van der Waals surface area contributed by atoms with Crippen LogP contribution in [0.25, 0.3) is 0 Å². The number of esters is 1. The van der Waals surface area contributed by atoms with Crippen LogP contribution >= 0.6 is 15.9 Å². The molecule has 76 valence electrons. The largest absolute Gasteiger partial charge is 0.463 e. The highest BCUT2D eigenvalue weighted by molar-refractivity contribution is 9.09. The second-order valence-electron chi connectivity index (χ2n) is 3.21. The zero-order chi connectivity index (χ0) is 10.3. The molecule has 0 aromatic carbocycles. The normalized spacial score (nSPS) is 11.9. The Balaban J connectivity index is 4.14. The van der Waals surface area contributed by atoms with Gasteiger partial charge in [-0.25, -0.2) is 4.79 Å². The fourth-order valence-corrected chi connectivity index (χ4v) is 1.25. The Labute approximate surface area is 88.5 Å². The zero-order valence-corrected chi connectivity index (χ0v) is 10.1. The van der Waals surface area contributed by atoms with Gasteiger partial charge in [0.1, 0.15) is 0 Å². The number of carbonyl (C=O) groups is 1. The van der Waals surface area contributed by atoms with Crippen molar-refractivity contribution in [1.29, 1.82) is 0 Å².